The van der Waals surface area contributed by atoms with Gasteiger partial charge in [0.15, 0.2) is 0 Å². The van der Waals surface area contributed by atoms with E-state index in [1.807, 2.05) is 0 Å². The van der Waals surface area contributed by atoms with Crippen molar-refractivity contribution in [3.63, 3.8) is 0 Å². The lowest BCUT2D eigenvalue weighted by Gasteiger charge is -2.15. The first-order chi connectivity index (χ1) is 4.18. The highest BCUT2D eigenvalue weighted by Gasteiger charge is 2.20. The highest BCUT2D eigenvalue weighted by molar-refractivity contribution is 5.34. The molecule has 2 N–H and O–H groups in total. The van der Waals surface area contributed by atoms with Crippen LogP contribution in [0.3, 0.4) is 0 Å². The molecule has 0 radical (unpaired) electrons. The zero-order valence-electron chi connectivity index (χ0n) is 5.16. The predicted octanol–water partition coefficient (Wildman–Crippen LogP) is -0.935. The predicted molar refractivity (Wildman–Crippen MR) is 30.7 cm³/mol. The maximum absolute atomic E-state index is 9.62. The van der Waals surface area contributed by atoms with Crippen LogP contribution in [0.5, 0.6) is 0 Å². The fraction of sp³-hybridized carbons (Fsp3) is 0.800. The maximum Gasteiger partial charge on any atom is 0.235 e. The van der Waals surface area contributed by atoms with Gasteiger partial charge in [-0.05, 0) is 6.92 Å². The van der Waals surface area contributed by atoms with Crippen molar-refractivity contribution in [3.05, 3.63) is 0 Å². The second-order valence-corrected chi connectivity index (χ2v) is 2.02. The summed E-state index contributed by atoms with van der Waals surface area (Å²) in [6.07, 6.45) is 1.27. The molecule has 0 aliphatic rings. The van der Waals surface area contributed by atoms with Gasteiger partial charge in [-0.15, -0.1) is 0 Å². The van der Waals surface area contributed by atoms with Crippen LogP contribution in [0.2, 0.25) is 0 Å². The number of nitrogens with zero attached hydrogens (tertiary/aromatic N) is 1. The van der Waals surface area contributed by atoms with Gasteiger partial charge in [-0.25, -0.2) is 4.79 Å². The first kappa shape index (κ1) is 8.30. The molecule has 0 fully saturated rings. The quantitative estimate of drug-likeness (QED) is 0.384. The Balaban J connectivity index is 4.08. The number of hydrogen-bond donors (Lipinski definition) is 2. The Morgan fingerprint density at radius 3 is 2.11 bits per heavy atom. The topological polar surface area (TPSA) is 69.9 Å². The Labute approximate surface area is 52.8 Å². The maximum atomic E-state index is 9.62. The lowest BCUT2D eigenvalue weighted by atomic mass is 10.1. The Hall–Kier alpha value is -0.700. The Morgan fingerprint density at radius 2 is 2.00 bits per heavy atom. The summed E-state index contributed by atoms with van der Waals surface area (Å²) in [5, 5.41) is 17.0. The Bertz CT molecular complexity index is 124. The average molecular weight is 131 g/mol. The molecule has 0 saturated carbocycles. The van der Waals surface area contributed by atoms with Crippen LogP contribution in [0.25, 0.3) is 0 Å². The molecule has 0 atom stereocenters. The minimum absolute atomic E-state index is 0.348. The Morgan fingerprint density at radius 1 is 1.56 bits per heavy atom. The van der Waals surface area contributed by atoms with E-state index in [2.05, 4.69) is 4.99 Å². The number of rotatable bonds is 3. The number of aliphatic imine (C=N–C) groups is 1. The van der Waals surface area contributed by atoms with Crippen molar-refractivity contribution in [2.75, 3.05) is 13.2 Å². The van der Waals surface area contributed by atoms with Crippen LogP contribution in [-0.2, 0) is 4.79 Å². The summed E-state index contributed by atoms with van der Waals surface area (Å²) in [7, 11) is 0. The van der Waals surface area contributed by atoms with Crippen LogP contribution in [0.4, 0.5) is 0 Å². The van der Waals surface area contributed by atoms with Crippen molar-refractivity contribution < 1.29 is 15.0 Å². The first-order valence-corrected chi connectivity index (χ1v) is 2.49. The molecule has 0 rings (SSSR count). The van der Waals surface area contributed by atoms with Crippen molar-refractivity contribution in [1.29, 1.82) is 0 Å². The summed E-state index contributed by atoms with van der Waals surface area (Å²) < 4.78 is 0. The highest BCUT2D eigenvalue weighted by atomic mass is 16.3. The molecule has 0 saturated heterocycles. The van der Waals surface area contributed by atoms with E-state index in [0.29, 0.717) is 0 Å². The monoisotopic (exact) mass is 131 g/mol. The summed E-state index contributed by atoms with van der Waals surface area (Å²) in [6, 6.07) is 0. The molecule has 0 spiro atoms. The second-order valence-electron chi connectivity index (χ2n) is 2.02. The van der Waals surface area contributed by atoms with E-state index in [9.17, 15) is 4.79 Å². The van der Waals surface area contributed by atoms with E-state index in [4.69, 9.17) is 10.2 Å². The van der Waals surface area contributed by atoms with E-state index >= 15 is 0 Å². The van der Waals surface area contributed by atoms with Crippen LogP contribution < -0.4 is 0 Å². The molecule has 0 amide bonds. The van der Waals surface area contributed by atoms with E-state index in [1.165, 1.54) is 13.0 Å². The summed E-state index contributed by atoms with van der Waals surface area (Å²) in [6.45, 7) is 0.759. The molecule has 0 aromatic carbocycles. The van der Waals surface area contributed by atoms with E-state index in [0.717, 1.165) is 0 Å². The third-order valence-corrected chi connectivity index (χ3v) is 0.997. The largest absolute Gasteiger partial charge is 0.394 e. The third-order valence-electron chi connectivity index (χ3n) is 0.997. The van der Waals surface area contributed by atoms with Gasteiger partial charge in [0.1, 0.15) is 5.54 Å². The zero-order valence-corrected chi connectivity index (χ0v) is 5.16. The molecule has 0 bridgehead atoms. The molecule has 9 heavy (non-hydrogen) atoms. The molecular formula is C5H9NO3. The summed E-state index contributed by atoms with van der Waals surface area (Å²) in [4.78, 5) is 12.8. The summed E-state index contributed by atoms with van der Waals surface area (Å²) >= 11 is 0. The molecular weight excluding hydrogens is 122 g/mol. The third kappa shape index (κ3) is 2.37. The first-order valence-electron chi connectivity index (χ1n) is 2.49. The van der Waals surface area contributed by atoms with Crippen molar-refractivity contribution >= 4 is 6.08 Å². The summed E-state index contributed by atoms with van der Waals surface area (Å²) in [5.41, 5.74) is -1.05. The molecule has 4 nitrogen and oxygen atoms in total. The van der Waals surface area contributed by atoms with Crippen molar-refractivity contribution in [1.82, 2.24) is 0 Å². The van der Waals surface area contributed by atoms with Gasteiger partial charge in [0.25, 0.3) is 0 Å². The van der Waals surface area contributed by atoms with Crippen LogP contribution in [-0.4, -0.2) is 35.0 Å². The lowest BCUT2D eigenvalue weighted by Crippen LogP contribution is -2.31. The molecule has 4 heteroatoms. The molecule has 0 unspecified atom stereocenters. The van der Waals surface area contributed by atoms with Gasteiger partial charge in [-0.3, -0.25) is 0 Å². The molecule has 0 aromatic rings. The van der Waals surface area contributed by atoms with Gasteiger partial charge < -0.3 is 10.2 Å². The van der Waals surface area contributed by atoms with Gasteiger partial charge in [0.05, 0.1) is 13.2 Å². The fourth-order valence-electron chi connectivity index (χ4n) is 0.231. The smallest absolute Gasteiger partial charge is 0.235 e. The highest BCUT2D eigenvalue weighted by Crippen LogP contribution is 2.04. The number of isocyanates is 1. The van der Waals surface area contributed by atoms with Gasteiger partial charge in [0.2, 0.25) is 6.08 Å². The van der Waals surface area contributed by atoms with Crippen molar-refractivity contribution in [2.45, 2.75) is 12.5 Å². The molecule has 0 aliphatic carbocycles. The van der Waals surface area contributed by atoms with Crippen LogP contribution in [0.15, 0.2) is 4.99 Å². The lowest BCUT2D eigenvalue weighted by molar-refractivity contribution is 0.135. The van der Waals surface area contributed by atoms with Crippen molar-refractivity contribution in [2.24, 2.45) is 4.99 Å². The van der Waals surface area contributed by atoms with Crippen molar-refractivity contribution in [3.8, 4) is 0 Å². The molecule has 0 aliphatic heterocycles. The number of carbonyl (C=O) groups excluding carboxylic acids is 1. The fourth-order valence-corrected chi connectivity index (χ4v) is 0.231. The standard InChI is InChI=1S/C5H9NO3/c1-5(2-7,3-8)6-4-9/h7-8H,2-3H2,1H3. The molecule has 0 heterocycles. The van der Waals surface area contributed by atoms with Crippen LogP contribution in [0.1, 0.15) is 6.92 Å². The molecule has 0 aromatic heterocycles. The van der Waals surface area contributed by atoms with E-state index in [1.54, 1.807) is 0 Å². The number of hydrogen-bond acceptors (Lipinski definition) is 4. The number of aliphatic hydroxyl groups is 2. The average Bonchev–Trinajstić information content (AvgIpc) is 1.89. The van der Waals surface area contributed by atoms with Gasteiger partial charge >= 0.3 is 0 Å². The second kappa shape index (κ2) is 3.35. The summed E-state index contributed by atoms with van der Waals surface area (Å²) in [5.74, 6) is 0. The minimum atomic E-state index is -1.05. The van der Waals surface area contributed by atoms with Gasteiger partial charge in [-0.2, -0.15) is 4.99 Å². The normalized spacial score (nSPS) is 10.6. The minimum Gasteiger partial charge on any atom is -0.394 e. The van der Waals surface area contributed by atoms with E-state index in [-0.39, 0.29) is 13.2 Å². The van der Waals surface area contributed by atoms with Gasteiger partial charge in [0, 0.05) is 0 Å². The zero-order chi connectivity index (χ0) is 7.33. The van der Waals surface area contributed by atoms with Crippen LogP contribution >= 0.6 is 0 Å². The van der Waals surface area contributed by atoms with E-state index < -0.39 is 5.54 Å². The Kier molecular flexibility index (Phi) is 3.09. The SMILES string of the molecule is CC(CO)(CO)N=C=O. The van der Waals surface area contributed by atoms with Gasteiger partial charge in [-0.1, -0.05) is 0 Å². The molecule has 52 valence electrons. The number of aliphatic hydroxyl groups excluding tert-OH is 2. The van der Waals surface area contributed by atoms with Crippen LogP contribution in [0, 0.1) is 0 Å².